The van der Waals surface area contributed by atoms with Gasteiger partial charge in [0.15, 0.2) is 0 Å². The van der Waals surface area contributed by atoms with Gasteiger partial charge in [0.1, 0.15) is 5.60 Å². The fraction of sp³-hybridized carbons (Fsp3) is 0.737. The predicted octanol–water partition coefficient (Wildman–Crippen LogP) is 3.37. The van der Waals surface area contributed by atoms with E-state index in [1.165, 1.54) is 0 Å². The maximum absolute atomic E-state index is 12.9. The molecule has 0 aromatic carbocycles. The van der Waals surface area contributed by atoms with Crippen molar-refractivity contribution in [1.29, 1.82) is 0 Å². The number of halogens is 1. The Morgan fingerprint density at radius 1 is 1.15 bits per heavy atom. The van der Waals surface area contributed by atoms with Gasteiger partial charge in [-0.3, -0.25) is 9.48 Å². The molecule has 0 spiro atoms. The summed E-state index contributed by atoms with van der Waals surface area (Å²) in [5.41, 5.74) is 1.44. The van der Waals surface area contributed by atoms with Gasteiger partial charge in [0.25, 0.3) is 0 Å². The third-order valence-electron chi connectivity index (χ3n) is 4.62. The van der Waals surface area contributed by atoms with Crippen LogP contribution >= 0.6 is 15.9 Å². The Balaban J connectivity index is 1.95. The monoisotopic (exact) mass is 442 g/mol. The van der Waals surface area contributed by atoms with Crippen LogP contribution in [-0.2, 0) is 16.1 Å². The first-order valence-corrected chi connectivity index (χ1v) is 10.2. The lowest BCUT2D eigenvalue weighted by molar-refractivity contribution is -0.135. The largest absolute Gasteiger partial charge is 0.444 e. The van der Waals surface area contributed by atoms with Gasteiger partial charge in [-0.2, -0.15) is 5.10 Å². The zero-order valence-corrected chi connectivity index (χ0v) is 18.8. The minimum Gasteiger partial charge on any atom is -0.444 e. The highest BCUT2D eigenvalue weighted by molar-refractivity contribution is 9.10. The second-order valence-corrected chi connectivity index (χ2v) is 9.01. The Bertz CT molecular complexity index is 696. The summed E-state index contributed by atoms with van der Waals surface area (Å²) in [6, 6.07) is 0. The predicted molar refractivity (Wildman–Crippen MR) is 108 cm³/mol. The second-order valence-electron chi connectivity index (χ2n) is 8.21. The van der Waals surface area contributed by atoms with Gasteiger partial charge in [-0.25, -0.2) is 4.79 Å². The molecule has 0 aliphatic carbocycles. The van der Waals surface area contributed by atoms with Gasteiger partial charge < -0.3 is 14.5 Å². The molecule has 1 aliphatic heterocycles. The van der Waals surface area contributed by atoms with Gasteiger partial charge in [0.2, 0.25) is 5.91 Å². The molecule has 7 nitrogen and oxygen atoms in total. The van der Waals surface area contributed by atoms with Crippen molar-refractivity contribution in [3.8, 4) is 0 Å². The van der Waals surface area contributed by atoms with E-state index >= 15 is 0 Å². The van der Waals surface area contributed by atoms with E-state index in [0.717, 1.165) is 22.3 Å². The van der Waals surface area contributed by atoms with E-state index in [2.05, 4.69) is 21.0 Å². The average Bonchev–Trinajstić information content (AvgIpc) is 2.76. The van der Waals surface area contributed by atoms with E-state index in [1.54, 1.807) is 4.90 Å². The number of aromatic nitrogens is 2. The van der Waals surface area contributed by atoms with Crippen LogP contribution < -0.4 is 0 Å². The number of rotatable bonds is 3. The number of aryl methyl sites for hydroxylation is 1. The molecular formula is C19H31BrN4O3. The van der Waals surface area contributed by atoms with Crippen molar-refractivity contribution >= 4 is 27.9 Å². The molecule has 0 bridgehead atoms. The molecule has 8 heteroatoms. The summed E-state index contributed by atoms with van der Waals surface area (Å²) in [7, 11) is 0. The fourth-order valence-electron chi connectivity index (χ4n) is 3.15. The highest BCUT2D eigenvalue weighted by Crippen LogP contribution is 2.21. The maximum Gasteiger partial charge on any atom is 0.410 e. The molecule has 1 saturated heterocycles. The number of ether oxygens (including phenoxy) is 1. The summed E-state index contributed by atoms with van der Waals surface area (Å²) in [5.74, 6) is -0.0762. The van der Waals surface area contributed by atoms with Gasteiger partial charge in [-0.1, -0.05) is 6.92 Å². The molecule has 152 valence electrons. The van der Waals surface area contributed by atoms with Gasteiger partial charge in [0.05, 0.1) is 22.6 Å². The van der Waals surface area contributed by atoms with Crippen LogP contribution in [0, 0.1) is 19.8 Å². The average molecular weight is 443 g/mol. The Hall–Kier alpha value is -1.57. The minimum absolute atomic E-state index is 0.102. The minimum atomic E-state index is -0.512. The Labute approximate surface area is 170 Å². The van der Waals surface area contributed by atoms with Gasteiger partial charge in [0, 0.05) is 31.9 Å². The van der Waals surface area contributed by atoms with Crippen molar-refractivity contribution in [3.05, 3.63) is 15.9 Å². The van der Waals surface area contributed by atoms with Gasteiger partial charge >= 0.3 is 6.09 Å². The first-order chi connectivity index (χ1) is 12.5. The molecule has 1 fully saturated rings. The summed E-state index contributed by atoms with van der Waals surface area (Å²) in [6.07, 6.45) is 0.445. The SMILES string of the molecule is Cc1nn(CC(C)C(=O)N2CCCN(C(=O)OC(C)(C)C)CC2)c(C)c1Br. The number of nitrogens with zero attached hydrogens (tertiary/aromatic N) is 4. The summed E-state index contributed by atoms with van der Waals surface area (Å²) in [6.45, 7) is 14.3. The molecule has 2 amide bonds. The van der Waals surface area contributed by atoms with Crippen LogP contribution in [0.25, 0.3) is 0 Å². The standard InChI is InChI=1S/C19H31BrN4O3/c1-13(12-24-15(3)16(20)14(2)21-24)17(25)22-8-7-9-23(11-10-22)18(26)27-19(4,5)6/h13H,7-12H2,1-6H3. The van der Waals surface area contributed by atoms with Crippen molar-refractivity contribution in [2.45, 2.75) is 60.1 Å². The molecule has 1 aromatic heterocycles. The Morgan fingerprint density at radius 2 is 1.74 bits per heavy atom. The summed E-state index contributed by atoms with van der Waals surface area (Å²) >= 11 is 3.53. The molecule has 0 N–H and O–H groups in total. The van der Waals surface area contributed by atoms with Gasteiger partial charge in [-0.15, -0.1) is 0 Å². The van der Waals surface area contributed by atoms with E-state index in [0.29, 0.717) is 32.7 Å². The lowest BCUT2D eigenvalue weighted by atomic mass is 10.1. The molecule has 27 heavy (non-hydrogen) atoms. The number of carbonyl (C=O) groups is 2. The smallest absolute Gasteiger partial charge is 0.410 e. The van der Waals surface area contributed by atoms with E-state index in [4.69, 9.17) is 4.74 Å². The number of amides is 2. The first kappa shape index (κ1) is 21.7. The van der Waals surface area contributed by atoms with Crippen LogP contribution in [0.4, 0.5) is 4.79 Å². The molecular weight excluding hydrogens is 412 g/mol. The molecule has 2 heterocycles. The van der Waals surface area contributed by atoms with E-state index in [9.17, 15) is 9.59 Å². The third kappa shape index (κ3) is 5.70. The van der Waals surface area contributed by atoms with Crippen molar-refractivity contribution in [2.75, 3.05) is 26.2 Å². The molecule has 2 rings (SSSR count). The van der Waals surface area contributed by atoms with Crippen LogP contribution in [0.2, 0.25) is 0 Å². The summed E-state index contributed by atoms with van der Waals surface area (Å²) < 4.78 is 8.32. The highest BCUT2D eigenvalue weighted by Gasteiger charge is 2.28. The molecule has 1 atom stereocenters. The highest BCUT2D eigenvalue weighted by atomic mass is 79.9. The summed E-state index contributed by atoms with van der Waals surface area (Å²) in [5, 5.41) is 4.49. The van der Waals surface area contributed by atoms with Gasteiger partial charge in [-0.05, 0) is 57.0 Å². The lowest BCUT2D eigenvalue weighted by Crippen LogP contribution is -2.41. The Morgan fingerprint density at radius 3 is 2.30 bits per heavy atom. The van der Waals surface area contributed by atoms with Crippen LogP contribution in [0.3, 0.4) is 0 Å². The maximum atomic E-state index is 12.9. The normalized spacial score (nSPS) is 16.9. The lowest BCUT2D eigenvalue weighted by Gasteiger charge is -2.27. The van der Waals surface area contributed by atoms with Crippen molar-refractivity contribution in [3.63, 3.8) is 0 Å². The topological polar surface area (TPSA) is 67.7 Å². The van der Waals surface area contributed by atoms with E-state index < -0.39 is 5.60 Å². The number of hydrogen-bond acceptors (Lipinski definition) is 4. The molecule has 1 unspecified atom stereocenters. The number of hydrogen-bond donors (Lipinski definition) is 0. The van der Waals surface area contributed by atoms with Crippen molar-refractivity contribution in [2.24, 2.45) is 5.92 Å². The van der Waals surface area contributed by atoms with E-state index in [1.807, 2.05) is 51.1 Å². The third-order valence-corrected chi connectivity index (χ3v) is 5.77. The second kappa shape index (κ2) is 8.63. The summed E-state index contributed by atoms with van der Waals surface area (Å²) in [4.78, 5) is 28.7. The molecule has 0 radical (unpaired) electrons. The molecule has 1 aromatic rings. The zero-order chi connectivity index (χ0) is 20.4. The zero-order valence-electron chi connectivity index (χ0n) is 17.2. The van der Waals surface area contributed by atoms with Crippen LogP contribution in [0.1, 0.15) is 45.5 Å². The van der Waals surface area contributed by atoms with Crippen molar-refractivity contribution < 1.29 is 14.3 Å². The fourth-order valence-corrected chi connectivity index (χ4v) is 3.43. The molecule has 1 aliphatic rings. The van der Waals surface area contributed by atoms with Crippen LogP contribution in [0.5, 0.6) is 0 Å². The Kier molecular flexibility index (Phi) is 6.94. The van der Waals surface area contributed by atoms with E-state index in [-0.39, 0.29) is 17.9 Å². The van der Waals surface area contributed by atoms with Crippen LogP contribution in [-0.4, -0.2) is 63.4 Å². The number of carbonyl (C=O) groups excluding carboxylic acids is 2. The molecule has 0 saturated carbocycles. The quantitative estimate of drug-likeness (QED) is 0.719. The first-order valence-electron chi connectivity index (χ1n) is 9.46. The van der Waals surface area contributed by atoms with Crippen LogP contribution in [0.15, 0.2) is 4.47 Å². The van der Waals surface area contributed by atoms with Crippen molar-refractivity contribution in [1.82, 2.24) is 19.6 Å².